The Hall–Kier alpha value is -0.850. The van der Waals surface area contributed by atoms with Crippen LogP contribution in [0.4, 0.5) is 0 Å². The number of benzene rings is 1. The Bertz CT molecular complexity index is 425. The summed E-state index contributed by atoms with van der Waals surface area (Å²) in [4.78, 5) is 11.0. The zero-order chi connectivity index (χ0) is 11.4. The van der Waals surface area contributed by atoms with Crippen LogP contribution in [0.3, 0.4) is 0 Å². The van der Waals surface area contributed by atoms with E-state index in [4.69, 9.17) is 16.9 Å². The molecule has 1 atom stereocenters. The molecule has 1 aromatic rings. The van der Waals surface area contributed by atoms with E-state index in [1.807, 2.05) is 0 Å². The molecule has 1 aromatic carbocycles. The Morgan fingerprint density at radius 1 is 1.67 bits per heavy atom. The summed E-state index contributed by atoms with van der Waals surface area (Å²) in [6.45, 7) is 1.47. The Labute approximate surface area is 102 Å². The number of carbonyl (C=O) groups is 1. The van der Waals surface area contributed by atoms with Crippen LogP contribution in [0, 0.1) is 11.3 Å². The smallest absolute Gasteiger partial charge is 0.131 e. The van der Waals surface area contributed by atoms with Gasteiger partial charge in [-0.25, -0.2) is 0 Å². The Morgan fingerprint density at radius 3 is 2.87 bits per heavy atom. The SMILES string of the molecule is CC(=O)CC(C#N)c1cc(Cl)ccc1Br. The topological polar surface area (TPSA) is 40.9 Å². The van der Waals surface area contributed by atoms with E-state index in [1.54, 1.807) is 18.2 Å². The van der Waals surface area contributed by atoms with Crippen molar-refractivity contribution in [2.75, 3.05) is 0 Å². The van der Waals surface area contributed by atoms with Crippen molar-refractivity contribution in [3.63, 3.8) is 0 Å². The molecular weight excluding hydrogens is 277 g/mol. The molecule has 4 heteroatoms. The molecule has 0 saturated carbocycles. The predicted molar refractivity (Wildman–Crippen MR) is 62.8 cm³/mol. The first-order chi connectivity index (χ1) is 7.04. The van der Waals surface area contributed by atoms with Crippen LogP contribution in [0.15, 0.2) is 22.7 Å². The van der Waals surface area contributed by atoms with E-state index in [0.717, 1.165) is 10.0 Å². The molecule has 0 saturated heterocycles. The van der Waals surface area contributed by atoms with Gasteiger partial charge in [0.15, 0.2) is 0 Å². The monoisotopic (exact) mass is 285 g/mol. The second-order valence-corrected chi connectivity index (χ2v) is 4.54. The van der Waals surface area contributed by atoms with Crippen LogP contribution in [-0.4, -0.2) is 5.78 Å². The molecule has 0 aliphatic rings. The zero-order valence-corrected chi connectivity index (χ0v) is 10.5. The number of halogens is 2. The molecule has 2 nitrogen and oxygen atoms in total. The van der Waals surface area contributed by atoms with Gasteiger partial charge in [-0.3, -0.25) is 4.79 Å². The third-order valence-corrected chi connectivity index (χ3v) is 2.94. The van der Waals surface area contributed by atoms with Crippen LogP contribution < -0.4 is 0 Å². The van der Waals surface area contributed by atoms with E-state index in [-0.39, 0.29) is 12.2 Å². The summed E-state index contributed by atoms with van der Waals surface area (Å²) in [6, 6.07) is 7.33. The van der Waals surface area contributed by atoms with Crippen molar-refractivity contribution in [2.45, 2.75) is 19.3 Å². The molecule has 1 unspecified atom stereocenters. The number of ketones is 1. The van der Waals surface area contributed by atoms with Crippen molar-refractivity contribution in [1.82, 2.24) is 0 Å². The lowest BCUT2D eigenvalue weighted by Crippen LogP contribution is -2.02. The minimum atomic E-state index is -0.435. The number of nitrogens with zero attached hydrogens (tertiary/aromatic N) is 1. The van der Waals surface area contributed by atoms with E-state index in [9.17, 15) is 4.79 Å². The van der Waals surface area contributed by atoms with Crippen LogP contribution in [0.5, 0.6) is 0 Å². The van der Waals surface area contributed by atoms with E-state index in [2.05, 4.69) is 22.0 Å². The Morgan fingerprint density at radius 2 is 2.33 bits per heavy atom. The lowest BCUT2D eigenvalue weighted by Gasteiger charge is -2.09. The fourth-order valence-corrected chi connectivity index (χ4v) is 2.00. The summed E-state index contributed by atoms with van der Waals surface area (Å²) in [7, 11) is 0. The van der Waals surface area contributed by atoms with Gasteiger partial charge in [-0.15, -0.1) is 0 Å². The van der Waals surface area contributed by atoms with E-state index < -0.39 is 5.92 Å². The van der Waals surface area contributed by atoms with Gasteiger partial charge in [0.1, 0.15) is 5.78 Å². The Kier molecular flexibility index (Phi) is 4.31. The van der Waals surface area contributed by atoms with Crippen LogP contribution in [0.1, 0.15) is 24.8 Å². The first-order valence-corrected chi connectivity index (χ1v) is 5.55. The van der Waals surface area contributed by atoms with E-state index >= 15 is 0 Å². The third kappa shape index (κ3) is 3.33. The zero-order valence-electron chi connectivity index (χ0n) is 8.13. The predicted octanol–water partition coefficient (Wildman–Crippen LogP) is 3.69. The molecule has 0 aliphatic heterocycles. The molecule has 0 heterocycles. The highest BCUT2D eigenvalue weighted by Gasteiger charge is 2.16. The fourth-order valence-electron chi connectivity index (χ4n) is 1.29. The molecule has 0 N–H and O–H groups in total. The van der Waals surface area contributed by atoms with Crippen molar-refractivity contribution >= 4 is 33.3 Å². The number of Topliss-reactive ketones (excluding diaryl/α,β-unsaturated/α-hetero) is 1. The van der Waals surface area contributed by atoms with Gasteiger partial charge in [0, 0.05) is 15.9 Å². The standard InChI is InChI=1S/C11H9BrClNO/c1-7(15)4-8(6-14)10-5-9(13)2-3-11(10)12/h2-3,5,8H,4H2,1H3. The van der Waals surface area contributed by atoms with Gasteiger partial charge < -0.3 is 0 Å². The lowest BCUT2D eigenvalue weighted by molar-refractivity contribution is -0.117. The molecule has 0 radical (unpaired) electrons. The number of nitriles is 1. The maximum atomic E-state index is 11.0. The molecule has 0 bridgehead atoms. The average Bonchev–Trinajstić information content (AvgIpc) is 2.18. The molecule has 0 spiro atoms. The first kappa shape index (κ1) is 12.2. The highest BCUT2D eigenvalue weighted by atomic mass is 79.9. The van der Waals surface area contributed by atoms with E-state index in [0.29, 0.717) is 5.02 Å². The highest BCUT2D eigenvalue weighted by molar-refractivity contribution is 9.10. The van der Waals surface area contributed by atoms with Gasteiger partial charge in [-0.1, -0.05) is 27.5 Å². The van der Waals surface area contributed by atoms with Crippen LogP contribution in [-0.2, 0) is 4.79 Å². The van der Waals surface area contributed by atoms with E-state index in [1.165, 1.54) is 6.92 Å². The third-order valence-electron chi connectivity index (χ3n) is 1.98. The van der Waals surface area contributed by atoms with Gasteiger partial charge >= 0.3 is 0 Å². The summed E-state index contributed by atoms with van der Waals surface area (Å²) in [5.41, 5.74) is 0.764. The largest absolute Gasteiger partial charge is 0.300 e. The number of hydrogen-bond acceptors (Lipinski definition) is 2. The molecule has 0 aliphatic carbocycles. The summed E-state index contributed by atoms with van der Waals surface area (Å²) < 4.78 is 0.805. The van der Waals surface area contributed by atoms with Gasteiger partial charge in [0.2, 0.25) is 0 Å². The number of carbonyl (C=O) groups excluding carboxylic acids is 1. The summed E-state index contributed by atoms with van der Waals surface area (Å²) in [5.74, 6) is -0.441. The number of hydrogen-bond donors (Lipinski definition) is 0. The first-order valence-electron chi connectivity index (χ1n) is 4.38. The van der Waals surface area contributed by atoms with Crippen molar-refractivity contribution in [3.8, 4) is 6.07 Å². The van der Waals surface area contributed by atoms with Crippen molar-refractivity contribution < 1.29 is 4.79 Å². The van der Waals surface area contributed by atoms with Gasteiger partial charge in [-0.05, 0) is 30.7 Å². The minimum Gasteiger partial charge on any atom is -0.300 e. The number of rotatable bonds is 3. The summed E-state index contributed by atoms with van der Waals surface area (Å²) >= 11 is 9.18. The molecular formula is C11H9BrClNO. The minimum absolute atomic E-state index is 0.00609. The van der Waals surface area contributed by atoms with Crippen LogP contribution >= 0.6 is 27.5 Å². The maximum Gasteiger partial charge on any atom is 0.131 e. The van der Waals surface area contributed by atoms with Gasteiger partial charge in [0.25, 0.3) is 0 Å². The highest BCUT2D eigenvalue weighted by Crippen LogP contribution is 2.29. The molecule has 0 aromatic heterocycles. The second-order valence-electron chi connectivity index (χ2n) is 3.25. The van der Waals surface area contributed by atoms with Gasteiger partial charge in [0.05, 0.1) is 12.0 Å². The molecule has 78 valence electrons. The normalized spacial score (nSPS) is 11.9. The quantitative estimate of drug-likeness (QED) is 0.850. The molecule has 0 amide bonds. The Balaban J connectivity index is 3.07. The summed E-state index contributed by atoms with van der Waals surface area (Å²) in [5, 5.41) is 9.54. The van der Waals surface area contributed by atoms with Gasteiger partial charge in [-0.2, -0.15) is 5.26 Å². The molecule has 1 rings (SSSR count). The second kappa shape index (κ2) is 5.29. The van der Waals surface area contributed by atoms with Crippen LogP contribution in [0.25, 0.3) is 0 Å². The molecule has 15 heavy (non-hydrogen) atoms. The molecule has 0 fully saturated rings. The van der Waals surface area contributed by atoms with Crippen LogP contribution in [0.2, 0.25) is 5.02 Å². The van der Waals surface area contributed by atoms with Crippen molar-refractivity contribution in [3.05, 3.63) is 33.3 Å². The average molecular weight is 287 g/mol. The van der Waals surface area contributed by atoms with Crippen molar-refractivity contribution in [2.24, 2.45) is 0 Å². The van der Waals surface area contributed by atoms with Crippen molar-refractivity contribution in [1.29, 1.82) is 5.26 Å². The summed E-state index contributed by atoms with van der Waals surface area (Å²) in [6.07, 6.45) is 0.218. The lowest BCUT2D eigenvalue weighted by atomic mass is 9.96. The fraction of sp³-hybridized carbons (Fsp3) is 0.273. The maximum absolute atomic E-state index is 11.0.